The van der Waals surface area contributed by atoms with Crippen molar-refractivity contribution in [2.75, 3.05) is 39.7 Å². The predicted molar refractivity (Wildman–Crippen MR) is 73.1 cm³/mol. The first-order valence-corrected chi connectivity index (χ1v) is 7.06. The van der Waals surface area contributed by atoms with Crippen LogP contribution in [-0.2, 0) is 4.74 Å². The molecular formula is C13H21NO2S. The highest BCUT2D eigenvalue weighted by Crippen LogP contribution is 2.26. The summed E-state index contributed by atoms with van der Waals surface area (Å²) in [7, 11) is 1.72. The summed E-state index contributed by atoms with van der Waals surface area (Å²) in [5.41, 5.74) is 0. The lowest BCUT2D eigenvalue weighted by molar-refractivity contribution is 0.193. The minimum Gasteiger partial charge on any atom is -0.491 e. The van der Waals surface area contributed by atoms with E-state index in [4.69, 9.17) is 9.47 Å². The number of rotatable bonds is 9. The van der Waals surface area contributed by atoms with Gasteiger partial charge in [-0.3, -0.25) is 0 Å². The molecule has 3 nitrogen and oxygen atoms in total. The lowest BCUT2D eigenvalue weighted by atomic mass is 10.3. The number of thioether (sulfide) groups is 1. The minimum absolute atomic E-state index is 0.699. The van der Waals surface area contributed by atoms with Gasteiger partial charge in [0, 0.05) is 25.2 Å². The van der Waals surface area contributed by atoms with Crippen molar-refractivity contribution in [1.82, 2.24) is 5.32 Å². The Bertz CT molecular complexity index is 307. The van der Waals surface area contributed by atoms with Crippen molar-refractivity contribution in [1.29, 1.82) is 0 Å². The summed E-state index contributed by atoms with van der Waals surface area (Å²) < 4.78 is 10.7. The van der Waals surface area contributed by atoms with E-state index in [0.717, 1.165) is 31.9 Å². The number of para-hydroxylation sites is 1. The van der Waals surface area contributed by atoms with Gasteiger partial charge in [0.2, 0.25) is 0 Å². The fourth-order valence-electron chi connectivity index (χ4n) is 1.44. The molecule has 0 saturated heterocycles. The Morgan fingerprint density at radius 2 is 2.00 bits per heavy atom. The molecule has 0 aliphatic rings. The van der Waals surface area contributed by atoms with E-state index in [-0.39, 0.29) is 0 Å². The summed E-state index contributed by atoms with van der Waals surface area (Å²) >= 11 is 1.71. The molecule has 0 bridgehead atoms. The van der Waals surface area contributed by atoms with E-state index < -0.39 is 0 Å². The molecule has 96 valence electrons. The van der Waals surface area contributed by atoms with Crippen molar-refractivity contribution in [3.05, 3.63) is 24.3 Å². The van der Waals surface area contributed by atoms with Crippen molar-refractivity contribution in [3.8, 4) is 5.75 Å². The van der Waals surface area contributed by atoms with Crippen LogP contribution < -0.4 is 10.1 Å². The highest BCUT2D eigenvalue weighted by atomic mass is 32.2. The third kappa shape index (κ3) is 5.96. The Morgan fingerprint density at radius 3 is 2.76 bits per heavy atom. The van der Waals surface area contributed by atoms with E-state index >= 15 is 0 Å². The summed E-state index contributed by atoms with van der Waals surface area (Å²) in [5.74, 6) is 0.971. The van der Waals surface area contributed by atoms with Gasteiger partial charge < -0.3 is 14.8 Å². The second-order valence-corrected chi connectivity index (χ2v) is 4.44. The Labute approximate surface area is 108 Å². The van der Waals surface area contributed by atoms with Gasteiger partial charge in [-0.05, 0) is 31.4 Å². The van der Waals surface area contributed by atoms with Gasteiger partial charge in [-0.15, -0.1) is 11.8 Å². The van der Waals surface area contributed by atoms with E-state index in [1.165, 1.54) is 4.90 Å². The standard InChI is InChI=1S/C13H21NO2S/c1-15-10-5-8-14-9-11-16-12-6-3-4-7-13(12)17-2/h3-4,6-7,14H,5,8-11H2,1-2H3. The van der Waals surface area contributed by atoms with Crippen molar-refractivity contribution in [2.45, 2.75) is 11.3 Å². The van der Waals surface area contributed by atoms with Crippen LogP contribution in [0.15, 0.2) is 29.2 Å². The van der Waals surface area contributed by atoms with Gasteiger partial charge in [-0.25, -0.2) is 0 Å². The maximum Gasteiger partial charge on any atom is 0.132 e. The molecule has 0 saturated carbocycles. The van der Waals surface area contributed by atoms with Crippen LogP contribution in [0.2, 0.25) is 0 Å². The number of hydrogen-bond donors (Lipinski definition) is 1. The summed E-state index contributed by atoms with van der Waals surface area (Å²) in [6.07, 6.45) is 3.10. The van der Waals surface area contributed by atoms with Crippen molar-refractivity contribution >= 4 is 11.8 Å². The van der Waals surface area contributed by atoms with Gasteiger partial charge in [0.05, 0.1) is 0 Å². The molecule has 1 rings (SSSR count). The Balaban J connectivity index is 2.13. The molecule has 0 unspecified atom stereocenters. The molecule has 0 spiro atoms. The highest BCUT2D eigenvalue weighted by Gasteiger charge is 2.00. The number of hydrogen-bond acceptors (Lipinski definition) is 4. The molecule has 0 aliphatic carbocycles. The first kappa shape index (κ1) is 14.4. The molecule has 0 radical (unpaired) electrons. The van der Waals surface area contributed by atoms with Crippen LogP contribution >= 0.6 is 11.8 Å². The summed E-state index contributed by atoms with van der Waals surface area (Å²) in [5, 5.41) is 3.32. The third-order valence-corrected chi connectivity index (χ3v) is 3.08. The zero-order chi connectivity index (χ0) is 12.3. The van der Waals surface area contributed by atoms with Crippen molar-refractivity contribution in [2.24, 2.45) is 0 Å². The Kier molecular flexibility index (Phi) is 7.88. The molecule has 0 heterocycles. The van der Waals surface area contributed by atoms with Gasteiger partial charge >= 0.3 is 0 Å². The SMILES string of the molecule is COCCCNCCOc1ccccc1SC. The Morgan fingerprint density at radius 1 is 1.18 bits per heavy atom. The van der Waals surface area contributed by atoms with Crippen LogP contribution in [0.3, 0.4) is 0 Å². The van der Waals surface area contributed by atoms with Crippen LogP contribution in [-0.4, -0.2) is 39.7 Å². The predicted octanol–water partition coefficient (Wildman–Crippen LogP) is 2.41. The maximum absolute atomic E-state index is 5.72. The molecule has 0 amide bonds. The molecular weight excluding hydrogens is 234 g/mol. The average Bonchev–Trinajstić information content (AvgIpc) is 2.38. The quantitative estimate of drug-likeness (QED) is 0.542. The summed E-state index contributed by atoms with van der Waals surface area (Å²) in [6.45, 7) is 3.35. The smallest absolute Gasteiger partial charge is 0.132 e. The normalized spacial score (nSPS) is 10.5. The summed E-state index contributed by atoms with van der Waals surface area (Å²) in [4.78, 5) is 1.19. The summed E-state index contributed by atoms with van der Waals surface area (Å²) in [6, 6.07) is 8.12. The lowest BCUT2D eigenvalue weighted by Crippen LogP contribution is -2.23. The van der Waals surface area contributed by atoms with Gasteiger partial charge in [0.1, 0.15) is 12.4 Å². The topological polar surface area (TPSA) is 30.5 Å². The molecule has 0 aliphatic heterocycles. The van der Waals surface area contributed by atoms with E-state index in [9.17, 15) is 0 Å². The molecule has 1 aromatic rings. The second kappa shape index (κ2) is 9.33. The maximum atomic E-state index is 5.72. The molecule has 0 atom stereocenters. The largest absolute Gasteiger partial charge is 0.491 e. The van der Waals surface area contributed by atoms with Crippen LogP contribution in [0.25, 0.3) is 0 Å². The zero-order valence-electron chi connectivity index (χ0n) is 10.6. The first-order valence-electron chi connectivity index (χ1n) is 5.84. The number of benzene rings is 1. The fourth-order valence-corrected chi connectivity index (χ4v) is 1.98. The van der Waals surface area contributed by atoms with Crippen LogP contribution in [0, 0.1) is 0 Å². The minimum atomic E-state index is 0.699. The van der Waals surface area contributed by atoms with Crippen molar-refractivity contribution < 1.29 is 9.47 Å². The number of methoxy groups -OCH3 is 1. The first-order chi connectivity index (χ1) is 8.38. The monoisotopic (exact) mass is 255 g/mol. The van der Waals surface area contributed by atoms with E-state index in [0.29, 0.717) is 6.61 Å². The van der Waals surface area contributed by atoms with Crippen LogP contribution in [0.5, 0.6) is 5.75 Å². The molecule has 4 heteroatoms. The van der Waals surface area contributed by atoms with Gasteiger partial charge in [-0.1, -0.05) is 12.1 Å². The van der Waals surface area contributed by atoms with Crippen LogP contribution in [0.4, 0.5) is 0 Å². The van der Waals surface area contributed by atoms with Crippen molar-refractivity contribution in [3.63, 3.8) is 0 Å². The Hall–Kier alpha value is -0.710. The average molecular weight is 255 g/mol. The fraction of sp³-hybridized carbons (Fsp3) is 0.538. The molecule has 0 aromatic heterocycles. The molecule has 17 heavy (non-hydrogen) atoms. The van der Waals surface area contributed by atoms with E-state index in [1.54, 1.807) is 18.9 Å². The lowest BCUT2D eigenvalue weighted by Gasteiger charge is -2.10. The molecule has 1 aromatic carbocycles. The second-order valence-electron chi connectivity index (χ2n) is 3.60. The van der Waals surface area contributed by atoms with E-state index in [1.807, 2.05) is 18.2 Å². The number of ether oxygens (including phenoxy) is 2. The molecule has 1 N–H and O–H groups in total. The van der Waals surface area contributed by atoms with Crippen LogP contribution in [0.1, 0.15) is 6.42 Å². The van der Waals surface area contributed by atoms with Gasteiger partial charge in [0.15, 0.2) is 0 Å². The highest BCUT2D eigenvalue weighted by molar-refractivity contribution is 7.98. The van der Waals surface area contributed by atoms with Gasteiger partial charge in [-0.2, -0.15) is 0 Å². The van der Waals surface area contributed by atoms with E-state index in [2.05, 4.69) is 17.6 Å². The van der Waals surface area contributed by atoms with Gasteiger partial charge in [0.25, 0.3) is 0 Å². The number of nitrogens with one attached hydrogen (secondary N) is 1. The zero-order valence-corrected chi connectivity index (χ0v) is 11.4. The third-order valence-electron chi connectivity index (χ3n) is 2.31. The molecule has 0 fully saturated rings.